The minimum Gasteiger partial charge on any atom is -0.306 e. The topological polar surface area (TPSA) is 12.0 Å². The SMILES string of the molecule is CC(NCc1csc(Br)c1)c1ccc2c(c1)CCCC2. The zero-order valence-corrected chi connectivity index (χ0v) is 14.2. The number of nitrogens with one attached hydrogen (secondary N) is 1. The molecule has 0 fully saturated rings. The fourth-order valence-electron chi connectivity index (χ4n) is 2.85. The molecule has 1 aromatic heterocycles. The lowest BCUT2D eigenvalue weighted by atomic mass is 9.89. The molecule has 1 aliphatic carbocycles. The summed E-state index contributed by atoms with van der Waals surface area (Å²) in [4.78, 5) is 0. The van der Waals surface area contributed by atoms with Gasteiger partial charge in [0.1, 0.15) is 0 Å². The Bertz CT molecular complexity index is 590. The van der Waals surface area contributed by atoms with Crippen LogP contribution in [0.25, 0.3) is 0 Å². The molecule has 1 aromatic carbocycles. The lowest BCUT2D eigenvalue weighted by molar-refractivity contribution is 0.573. The maximum atomic E-state index is 3.62. The average molecular weight is 350 g/mol. The van der Waals surface area contributed by atoms with Crippen LogP contribution in [0.1, 0.15) is 48.1 Å². The average Bonchev–Trinajstić information content (AvgIpc) is 2.90. The quantitative estimate of drug-likeness (QED) is 0.795. The molecule has 0 amide bonds. The van der Waals surface area contributed by atoms with Crippen molar-refractivity contribution in [1.82, 2.24) is 5.32 Å². The molecule has 1 unspecified atom stereocenters. The summed E-state index contributed by atoms with van der Waals surface area (Å²) >= 11 is 5.26. The lowest BCUT2D eigenvalue weighted by Crippen LogP contribution is -2.18. The smallest absolute Gasteiger partial charge is 0.0701 e. The van der Waals surface area contributed by atoms with Crippen LogP contribution < -0.4 is 5.32 Å². The lowest BCUT2D eigenvalue weighted by Gasteiger charge is -2.20. The zero-order chi connectivity index (χ0) is 13.9. The van der Waals surface area contributed by atoms with Crippen LogP contribution in [-0.4, -0.2) is 0 Å². The molecule has 0 saturated heterocycles. The molecule has 2 aromatic rings. The first-order chi connectivity index (χ1) is 9.72. The number of halogens is 1. The number of rotatable bonds is 4. The number of benzene rings is 1. The second-order valence-corrected chi connectivity index (χ2v) is 7.89. The molecule has 106 valence electrons. The van der Waals surface area contributed by atoms with E-state index in [1.807, 2.05) is 0 Å². The van der Waals surface area contributed by atoms with Gasteiger partial charge in [-0.1, -0.05) is 18.2 Å². The summed E-state index contributed by atoms with van der Waals surface area (Å²) in [6, 6.07) is 9.64. The number of fused-ring (bicyclic) bond motifs is 1. The van der Waals surface area contributed by atoms with Crippen LogP contribution >= 0.6 is 27.3 Å². The van der Waals surface area contributed by atoms with E-state index < -0.39 is 0 Å². The summed E-state index contributed by atoms with van der Waals surface area (Å²) in [6.45, 7) is 3.19. The monoisotopic (exact) mass is 349 g/mol. The third kappa shape index (κ3) is 3.33. The van der Waals surface area contributed by atoms with E-state index in [4.69, 9.17) is 0 Å². The van der Waals surface area contributed by atoms with Crippen LogP contribution in [0.15, 0.2) is 33.4 Å². The first kappa shape index (κ1) is 14.3. The van der Waals surface area contributed by atoms with E-state index in [-0.39, 0.29) is 0 Å². The molecule has 1 atom stereocenters. The van der Waals surface area contributed by atoms with Gasteiger partial charge in [0.15, 0.2) is 0 Å². The maximum Gasteiger partial charge on any atom is 0.0701 e. The normalized spacial score (nSPS) is 15.9. The van der Waals surface area contributed by atoms with Gasteiger partial charge < -0.3 is 5.32 Å². The van der Waals surface area contributed by atoms with Gasteiger partial charge >= 0.3 is 0 Å². The third-order valence-corrected chi connectivity index (χ3v) is 5.66. The van der Waals surface area contributed by atoms with E-state index in [1.54, 1.807) is 22.5 Å². The van der Waals surface area contributed by atoms with Gasteiger partial charge in [0.2, 0.25) is 0 Å². The Balaban J connectivity index is 1.66. The zero-order valence-electron chi connectivity index (χ0n) is 11.8. The Morgan fingerprint density at radius 2 is 2.00 bits per heavy atom. The molecule has 1 nitrogen and oxygen atoms in total. The highest BCUT2D eigenvalue weighted by atomic mass is 79.9. The molecule has 3 rings (SSSR count). The van der Waals surface area contributed by atoms with E-state index in [9.17, 15) is 0 Å². The molecule has 0 saturated carbocycles. The summed E-state index contributed by atoms with van der Waals surface area (Å²) in [5.41, 5.74) is 5.90. The fraction of sp³-hybridized carbons (Fsp3) is 0.412. The van der Waals surface area contributed by atoms with Crippen molar-refractivity contribution >= 4 is 27.3 Å². The van der Waals surface area contributed by atoms with Gasteiger partial charge in [0.05, 0.1) is 3.79 Å². The summed E-state index contributed by atoms with van der Waals surface area (Å²) in [6.07, 6.45) is 5.22. The van der Waals surface area contributed by atoms with Crippen molar-refractivity contribution in [3.8, 4) is 0 Å². The molecular weight excluding hydrogens is 330 g/mol. The van der Waals surface area contributed by atoms with Gasteiger partial charge in [0.25, 0.3) is 0 Å². The van der Waals surface area contributed by atoms with E-state index in [0.717, 1.165) is 6.54 Å². The van der Waals surface area contributed by atoms with Crippen molar-refractivity contribution in [2.24, 2.45) is 0 Å². The van der Waals surface area contributed by atoms with Crippen molar-refractivity contribution in [3.05, 3.63) is 55.7 Å². The molecular formula is C17H20BrNS. The molecule has 1 aliphatic rings. The predicted octanol–water partition coefficient (Wildman–Crippen LogP) is 5.24. The number of hydrogen-bond acceptors (Lipinski definition) is 2. The standard InChI is InChI=1S/C17H20BrNS/c1-12(19-10-13-8-17(18)20-11-13)15-7-6-14-4-2-3-5-16(14)9-15/h6-9,11-12,19H,2-5,10H2,1H3. The molecule has 20 heavy (non-hydrogen) atoms. The number of thiophene rings is 1. The number of hydrogen-bond donors (Lipinski definition) is 1. The Morgan fingerprint density at radius 1 is 1.20 bits per heavy atom. The minimum absolute atomic E-state index is 0.404. The van der Waals surface area contributed by atoms with Gasteiger partial charge in [-0.25, -0.2) is 0 Å². The van der Waals surface area contributed by atoms with Crippen LogP contribution in [0.3, 0.4) is 0 Å². The fourth-order valence-corrected chi connectivity index (χ4v) is 4.06. The maximum absolute atomic E-state index is 3.62. The van der Waals surface area contributed by atoms with Gasteiger partial charge in [0, 0.05) is 12.6 Å². The Kier molecular flexibility index (Phi) is 4.59. The van der Waals surface area contributed by atoms with E-state index in [0.29, 0.717) is 6.04 Å². The van der Waals surface area contributed by atoms with E-state index in [2.05, 4.69) is 57.8 Å². The third-order valence-electron chi connectivity index (χ3n) is 4.11. The van der Waals surface area contributed by atoms with Crippen molar-refractivity contribution in [2.75, 3.05) is 0 Å². The molecule has 0 spiro atoms. The second kappa shape index (κ2) is 6.42. The highest BCUT2D eigenvalue weighted by molar-refractivity contribution is 9.11. The van der Waals surface area contributed by atoms with Crippen LogP contribution in [-0.2, 0) is 19.4 Å². The van der Waals surface area contributed by atoms with Gasteiger partial charge in [-0.2, -0.15) is 0 Å². The summed E-state index contributed by atoms with van der Waals surface area (Å²) in [5, 5.41) is 5.83. The Morgan fingerprint density at radius 3 is 2.75 bits per heavy atom. The number of aryl methyl sites for hydroxylation is 2. The highest BCUT2D eigenvalue weighted by Gasteiger charge is 2.12. The van der Waals surface area contributed by atoms with Crippen LogP contribution in [0.5, 0.6) is 0 Å². The summed E-state index contributed by atoms with van der Waals surface area (Å²) in [5.74, 6) is 0. The second-order valence-electron chi connectivity index (χ2n) is 5.60. The Labute approximate surface area is 133 Å². The first-order valence-corrected chi connectivity index (χ1v) is 8.97. The van der Waals surface area contributed by atoms with Crippen LogP contribution in [0, 0.1) is 0 Å². The summed E-state index contributed by atoms with van der Waals surface area (Å²) < 4.78 is 1.20. The molecule has 0 bridgehead atoms. The van der Waals surface area contributed by atoms with Crippen molar-refractivity contribution in [1.29, 1.82) is 0 Å². The van der Waals surface area contributed by atoms with E-state index >= 15 is 0 Å². The van der Waals surface area contributed by atoms with Crippen molar-refractivity contribution < 1.29 is 0 Å². The molecule has 0 aliphatic heterocycles. The molecule has 0 radical (unpaired) electrons. The first-order valence-electron chi connectivity index (χ1n) is 7.30. The summed E-state index contributed by atoms with van der Waals surface area (Å²) in [7, 11) is 0. The minimum atomic E-state index is 0.404. The highest BCUT2D eigenvalue weighted by Crippen LogP contribution is 2.25. The van der Waals surface area contributed by atoms with Crippen molar-refractivity contribution in [2.45, 2.75) is 45.2 Å². The molecule has 3 heteroatoms. The van der Waals surface area contributed by atoms with Crippen molar-refractivity contribution in [3.63, 3.8) is 0 Å². The van der Waals surface area contributed by atoms with Gasteiger partial charge in [-0.15, -0.1) is 11.3 Å². The van der Waals surface area contributed by atoms with Crippen LogP contribution in [0.4, 0.5) is 0 Å². The van der Waals surface area contributed by atoms with Gasteiger partial charge in [-0.3, -0.25) is 0 Å². The van der Waals surface area contributed by atoms with Crippen LogP contribution in [0.2, 0.25) is 0 Å². The van der Waals surface area contributed by atoms with Gasteiger partial charge in [-0.05, 0) is 82.2 Å². The Hall–Kier alpha value is -0.640. The van der Waals surface area contributed by atoms with E-state index in [1.165, 1.54) is 40.6 Å². The molecule has 1 N–H and O–H groups in total. The predicted molar refractivity (Wildman–Crippen MR) is 90.4 cm³/mol. The molecule has 1 heterocycles. The largest absolute Gasteiger partial charge is 0.306 e.